The Kier molecular flexibility index (Phi) is 5.88. The Morgan fingerprint density at radius 2 is 1.73 bits per heavy atom. The first-order valence-corrected chi connectivity index (χ1v) is 8.71. The molecule has 2 aromatic rings. The van der Waals surface area contributed by atoms with Gasteiger partial charge in [-0.05, 0) is 68.1 Å². The summed E-state index contributed by atoms with van der Waals surface area (Å²) in [6.45, 7) is 8.97. The fourth-order valence-electron chi connectivity index (χ4n) is 2.90. The third-order valence-electron chi connectivity index (χ3n) is 4.99. The second-order valence-corrected chi connectivity index (χ2v) is 7.11. The second-order valence-electron chi connectivity index (χ2n) is 7.11. The molecule has 0 atom stereocenters. The number of H-pyrrole nitrogens is 1. The molecule has 1 aliphatic rings. The Balaban J connectivity index is 0.000000211. The molecule has 22 heavy (non-hydrogen) atoms. The summed E-state index contributed by atoms with van der Waals surface area (Å²) in [4.78, 5) is 3.27. The summed E-state index contributed by atoms with van der Waals surface area (Å²) in [6.07, 6.45) is 10.2. The molecule has 0 spiro atoms. The number of rotatable bonds is 5. The van der Waals surface area contributed by atoms with Crippen molar-refractivity contribution in [3.8, 4) is 0 Å². The molecule has 0 radical (unpaired) electrons. The monoisotopic (exact) mass is 297 g/mol. The molecule has 1 nitrogen and oxygen atoms in total. The molecule has 1 N–H and O–H groups in total. The molecule has 0 unspecified atom stereocenters. The lowest BCUT2D eigenvalue weighted by Crippen LogP contribution is -1.91. The van der Waals surface area contributed by atoms with Crippen molar-refractivity contribution in [1.82, 2.24) is 4.98 Å². The van der Waals surface area contributed by atoms with E-state index in [-0.39, 0.29) is 0 Å². The van der Waals surface area contributed by atoms with Crippen molar-refractivity contribution < 1.29 is 0 Å². The van der Waals surface area contributed by atoms with E-state index in [0.717, 1.165) is 18.3 Å². The maximum Gasteiger partial charge on any atom is 0.0148 e. The van der Waals surface area contributed by atoms with Gasteiger partial charge in [0.05, 0.1) is 0 Å². The van der Waals surface area contributed by atoms with E-state index in [1.807, 2.05) is 0 Å². The number of hydrogen-bond donors (Lipinski definition) is 1. The highest BCUT2D eigenvalue weighted by Gasteiger charge is 2.35. The van der Waals surface area contributed by atoms with Gasteiger partial charge in [0, 0.05) is 11.9 Å². The van der Waals surface area contributed by atoms with Crippen molar-refractivity contribution >= 4 is 0 Å². The topological polar surface area (TPSA) is 15.8 Å². The molecular weight excluding hydrogens is 266 g/mol. The van der Waals surface area contributed by atoms with Crippen LogP contribution in [0.25, 0.3) is 0 Å². The van der Waals surface area contributed by atoms with Crippen LogP contribution in [0.3, 0.4) is 0 Å². The Labute approximate surface area is 136 Å². The van der Waals surface area contributed by atoms with Gasteiger partial charge in [-0.2, -0.15) is 0 Å². The minimum absolute atomic E-state index is 0.800. The number of hydrogen-bond acceptors (Lipinski definition) is 0. The van der Waals surface area contributed by atoms with Crippen molar-refractivity contribution in [3.05, 3.63) is 58.9 Å². The minimum atomic E-state index is 0.800. The number of aromatic nitrogens is 1. The Hall–Kier alpha value is -1.50. The molecule has 1 aromatic carbocycles. The van der Waals surface area contributed by atoms with E-state index in [1.165, 1.54) is 48.1 Å². The first kappa shape index (κ1) is 16.9. The molecule has 3 rings (SSSR count). The van der Waals surface area contributed by atoms with Gasteiger partial charge in [0.25, 0.3) is 0 Å². The van der Waals surface area contributed by atoms with Gasteiger partial charge in [0.15, 0.2) is 0 Å². The molecule has 1 heteroatoms. The van der Waals surface area contributed by atoms with Crippen LogP contribution in [-0.4, -0.2) is 4.98 Å². The number of nitrogens with one attached hydrogen (secondary N) is 1. The average Bonchev–Trinajstić information content (AvgIpc) is 3.17. The predicted molar refractivity (Wildman–Crippen MR) is 96.4 cm³/mol. The van der Waals surface area contributed by atoms with Crippen molar-refractivity contribution in [2.24, 2.45) is 5.41 Å². The summed E-state index contributed by atoms with van der Waals surface area (Å²) in [7, 11) is 0. The van der Waals surface area contributed by atoms with Crippen LogP contribution in [0.5, 0.6) is 0 Å². The maximum atomic E-state index is 3.27. The molecule has 0 saturated heterocycles. The van der Waals surface area contributed by atoms with Crippen molar-refractivity contribution in [2.45, 2.75) is 66.2 Å². The molecule has 1 fully saturated rings. The van der Waals surface area contributed by atoms with Crippen molar-refractivity contribution in [1.29, 1.82) is 0 Å². The Morgan fingerprint density at radius 3 is 2.18 bits per heavy atom. The molecule has 1 heterocycles. The van der Waals surface area contributed by atoms with E-state index in [2.05, 4.69) is 69.2 Å². The van der Waals surface area contributed by atoms with Crippen LogP contribution in [0.4, 0.5) is 0 Å². The third-order valence-corrected chi connectivity index (χ3v) is 4.99. The molecule has 0 bridgehead atoms. The molecule has 120 valence electrons. The van der Waals surface area contributed by atoms with Crippen LogP contribution in [0.15, 0.2) is 36.5 Å². The van der Waals surface area contributed by atoms with E-state index in [1.54, 1.807) is 0 Å². The minimum Gasteiger partial charge on any atom is -0.365 e. The van der Waals surface area contributed by atoms with Gasteiger partial charge < -0.3 is 4.98 Å². The standard InChI is InChI=1S/C14H17N.C7H14/c1-11-12(2)15-10-14(11)9-8-13-6-4-3-5-7-13;1-3-4-7(2)5-6-7/h3-7,10,15H,8-9H2,1-2H3;3-6H2,1-2H3. The first-order chi connectivity index (χ1) is 10.5. The summed E-state index contributed by atoms with van der Waals surface area (Å²) in [5.41, 5.74) is 6.35. The zero-order valence-corrected chi connectivity index (χ0v) is 14.7. The molecule has 0 amide bonds. The van der Waals surface area contributed by atoms with Gasteiger partial charge in [-0.3, -0.25) is 0 Å². The summed E-state index contributed by atoms with van der Waals surface area (Å²) >= 11 is 0. The highest BCUT2D eigenvalue weighted by molar-refractivity contribution is 5.29. The zero-order chi connectivity index (χ0) is 16.0. The predicted octanol–water partition coefficient (Wildman–Crippen LogP) is 6.00. The fraction of sp³-hybridized carbons (Fsp3) is 0.524. The largest absolute Gasteiger partial charge is 0.365 e. The van der Waals surface area contributed by atoms with Gasteiger partial charge in [0.1, 0.15) is 0 Å². The molecule has 1 aliphatic carbocycles. The lowest BCUT2D eigenvalue weighted by molar-refractivity contribution is 0.510. The molecule has 1 aromatic heterocycles. The second kappa shape index (κ2) is 7.67. The van der Waals surface area contributed by atoms with Crippen LogP contribution in [0.2, 0.25) is 0 Å². The molecule has 1 saturated carbocycles. The summed E-state index contributed by atoms with van der Waals surface area (Å²) in [5.74, 6) is 0. The average molecular weight is 297 g/mol. The van der Waals surface area contributed by atoms with E-state index in [9.17, 15) is 0 Å². The fourth-order valence-corrected chi connectivity index (χ4v) is 2.90. The number of aromatic amines is 1. The molecular formula is C21H31N. The van der Waals surface area contributed by atoms with Gasteiger partial charge in [-0.25, -0.2) is 0 Å². The molecule has 0 aliphatic heterocycles. The summed E-state index contributed by atoms with van der Waals surface area (Å²) in [6, 6.07) is 10.6. The third kappa shape index (κ3) is 5.05. The maximum absolute atomic E-state index is 3.27. The van der Waals surface area contributed by atoms with E-state index < -0.39 is 0 Å². The van der Waals surface area contributed by atoms with Crippen molar-refractivity contribution in [3.63, 3.8) is 0 Å². The lowest BCUT2D eigenvalue weighted by Gasteiger charge is -2.01. The summed E-state index contributed by atoms with van der Waals surface area (Å²) in [5, 5.41) is 0. The quantitative estimate of drug-likeness (QED) is 0.696. The van der Waals surface area contributed by atoms with Crippen LogP contribution >= 0.6 is 0 Å². The Morgan fingerprint density at radius 1 is 1.05 bits per heavy atom. The first-order valence-electron chi connectivity index (χ1n) is 8.71. The van der Waals surface area contributed by atoms with E-state index in [0.29, 0.717) is 0 Å². The number of aryl methyl sites for hydroxylation is 3. The van der Waals surface area contributed by atoms with Gasteiger partial charge >= 0.3 is 0 Å². The van der Waals surface area contributed by atoms with Gasteiger partial charge in [0.2, 0.25) is 0 Å². The normalized spacial score (nSPS) is 15.1. The zero-order valence-electron chi connectivity index (χ0n) is 14.7. The highest BCUT2D eigenvalue weighted by atomic mass is 14.7. The smallest absolute Gasteiger partial charge is 0.0148 e. The summed E-state index contributed by atoms with van der Waals surface area (Å²) < 4.78 is 0. The van der Waals surface area contributed by atoms with Gasteiger partial charge in [-0.1, -0.05) is 50.6 Å². The van der Waals surface area contributed by atoms with E-state index >= 15 is 0 Å². The van der Waals surface area contributed by atoms with Crippen LogP contribution in [0.1, 0.15) is 61.9 Å². The van der Waals surface area contributed by atoms with Gasteiger partial charge in [-0.15, -0.1) is 0 Å². The van der Waals surface area contributed by atoms with Crippen LogP contribution in [-0.2, 0) is 12.8 Å². The Bertz CT molecular complexity index is 561. The van der Waals surface area contributed by atoms with E-state index in [4.69, 9.17) is 0 Å². The van der Waals surface area contributed by atoms with Crippen LogP contribution < -0.4 is 0 Å². The number of benzene rings is 1. The SMILES string of the molecule is CCCC1(C)CC1.Cc1[nH]cc(CCc2ccccc2)c1C. The lowest BCUT2D eigenvalue weighted by atomic mass is 10.0. The van der Waals surface area contributed by atoms with Crippen LogP contribution in [0, 0.1) is 19.3 Å². The van der Waals surface area contributed by atoms with Crippen molar-refractivity contribution in [2.75, 3.05) is 0 Å². The highest BCUT2D eigenvalue weighted by Crippen LogP contribution is 2.48.